The van der Waals surface area contributed by atoms with Gasteiger partial charge < -0.3 is 10.5 Å². The van der Waals surface area contributed by atoms with Gasteiger partial charge in [0.05, 0.1) is 5.56 Å². The number of hydrogen-bond donors (Lipinski definition) is 2. The lowest BCUT2D eigenvalue weighted by Crippen LogP contribution is -2.14. The standard InChI is InChI=1S/C7H7ClN4O2/c8-1-5(13)14-7-11-2-4(3-12-7)6(9)10/h2-3H,1H2,(H3,9,10). The van der Waals surface area contributed by atoms with Gasteiger partial charge >= 0.3 is 12.0 Å². The van der Waals surface area contributed by atoms with Crippen LogP contribution in [0.25, 0.3) is 0 Å². The molecule has 0 aromatic carbocycles. The van der Waals surface area contributed by atoms with Crippen LogP contribution in [0.2, 0.25) is 0 Å². The van der Waals surface area contributed by atoms with E-state index >= 15 is 0 Å². The Morgan fingerprint density at radius 1 is 1.57 bits per heavy atom. The fourth-order valence-electron chi connectivity index (χ4n) is 0.637. The smallest absolute Gasteiger partial charge is 0.328 e. The minimum absolute atomic E-state index is 0.111. The Hall–Kier alpha value is -1.69. The molecule has 0 aliphatic rings. The van der Waals surface area contributed by atoms with Crippen molar-refractivity contribution in [2.45, 2.75) is 0 Å². The number of nitrogens with one attached hydrogen (secondary N) is 1. The molecule has 0 unspecified atom stereocenters. The van der Waals surface area contributed by atoms with E-state index in [9.17, 15) is 4.79 Å². The number of alkyl halides is 1. The average molecular weight is 215 g/mol. The van der Waals surface area contributed by atoms with Crippen molar-refractivity contribution in [3.63, 3.8) is 0 Å². The number of aromatic nitrogens is 2. The molecule has 14 heavy (non-hydrogen) atoms. The van der Waals surface area contributed by atoms with Crippen LogP contribution in [-0.2, 0) is 4.79 Å². The normalized spacial score (nSPS) is 9.50. The zero-order chi connectivity index (χ0) is 10.6. The lowest BCUT2D eigenvalue weighted by molar-refractivity contribution is -0.132. The van der Waals surface area contributed by atoms with Crippen molar-refractivity contribution >= 4 is 23.4 Å². The Balaban J connectivity index is 2.73. The highest BCUT2D eigenvalue weighted by Gasteiger charge is 2.05. The van der Waals surface area contributed by atoms with Gasteiger partial charge in [-0.05, 0) is 0 Å². The van der Waals surface area contributed by atoms with Crippen molar-refractivity contribution in [1.29, 1.82) is 5.41 Å². The summed E-state index contributed by atoms with van der Waals surface area (Å²) < 4.78 is 4.59. The molecule has 0 amide bonds. The minimum Gasteiger partial charge on any atom is -0.390 e. The summed E-state index contributed by atoms with van der Waals surface area (Å²) in [5, 5.41) is 7.05. The van der Waals surface area contributed by atoms with Gasteiger partial charge in [0.1, 0.15) is 11.7 Å². The van der Waals surface area contributed by atoms with Gasteiger partial charge in [0.15, 0.2) is 0 Å². The first-order valence-corrected chi connectivity index (χ1v) is 4.10. The molecule has 0 aliphatic heterocycles. The van der Waals surface area contributed by atoms with Crippen LogP contribution in [0.1, 0.15) is 5.56 Å². The van der Waals surface area contributed by atoms with Crippen LogP contribution in [-0.4, -0.2) is 27.7 Å². The van der Waals surface area contributed by atoms with Crippen LogP contribution < -0.4 is 10.5 Å². The fourth-order valence-corrected chi connectivity index (χ4v) is 0.692. The van der Waals surface area contributed by atoms with E-state index in [4.69, 9.17) is 22.7 Å². The average Bonchev–Trinajstić information content (AvgIpc) is 2.18. The summed E-state index contributed by atoms with van der Waals surface area (Å²) in [4.78, 5) is 18.0. The van der Waals surface area contributed by atoms with E-state index < -0.39 is 5.97 Å². The summed E-state index contributed by atoms with van der Waals surface area (Å²) >= 11 is 5.20. The van der Waals surface area contributed by atoms with Crippen molar-refractivity contribution in [2.24, 2.45) is 5.73 Å². The van der Waals surface area contributed by atoms with Crippen molar-refractivity contribution in [2.75, 3.05) is 5.88 Å². The number of hydrogen-bond acceptors (Lipinski definition) is 5. The molecule has 3 N–H and O–H groups in total. The molecule has 0 saturated heterocycles. The van der Waals surface area contributed by atoms with Gasteiger partial charge in [0.2, 0.25) is 0 Å². The van der Waals surface area contributed by atoms with E-state index in [-0.39, 0.29) is 17.7 Å². The minimum atomic E-state index is -0.637. The molecule has 0 aliphatic carbocycles. The van der Waals surface area contributed by atoms with Gasteiger partial charge in [-0.1, -0.05) is 0 Å². The van der Waals surface area contributed by atoms with E-state index in [1.165, 1.54) is 12.4 Å². The van der Waals surface area contributed by atoms with Crippen LogP contribution in [0.3, 0.4) is 0 Å². The molecule has 0 radical (unpaired) electrons. The maximum atomic E-state index is 10.7. The zero-order valence-corrected chi connectivity index (χ0v) is 7.78. The fraction of sp³-hybridized carbons (Fsp3) is 0.143. The van der Waals surface area contributed by atoms with Crippen LogP contribution in [0.4, 0.5) is 0 Å². The van der Waals surface area contributed by atoms with Crippen molar-refractivity contribution < 1.29 is 9.53 Å². The molecular formula is C7H7ClN4O2. The Morgan fingerprint density at radius 2 is 2.14 bits per heavy atom. The molecule has 1 rings (SSSR count). The van der Waals surface area contributed by atoms with Gasteiger partial charge in [-0.2, -0.15) is 0 Å². The second kappa shape index (κ2) is 4.52. The Kier molecular flexibility index (Phi) is 3.35. The zero-order valence-electron chi connectivity index (χ0n) is 7.03. The molecule has 1 aromatic heterocycles. The highest BCUT2D eigenvalue weighted by molar-refractivity contribution is 6.26. The van der Waals surface area contributed by atoms with Gasteiger partial charge in [0, 0.05) is 12.4 Å². The summed E-state index contributed by atoms with van der Waals surface area (Å²) in [7, 11) is 0. The predicted molar refractivity (Wildman–Crippen MR) is 49.4 cm³/mol. The van der Waals surface area contributed by atoms with Crippen molar-refractivity contribution in [3.8, 4) is 6.01 Å². The number of nitrogen functional groups attached to an aromatic ring is 1. The van der Waals surface area contributed by atoms with E-state index in [0.717, 1.165) is 0 Å². The quantitative estimate of drug-likeness (QED) is 0.317. The first-order valence-electron chi connectivity index (χ1n) is 3.56. The number of esters is 1. The number of nitrogens with zero attached hydrogens (tertiary/aromatic N) is 2. The van der Waals surface area contributed by atoms with Crippen LogP contribution >= 0.6 is 11.6 Å². The van der Waals surface area contributed by atoms with Gasteiger partial charge in [-0.3, -0.25) is 10.2 Å². The van der Waals surface area contributed by atoms with Crippen LogP contribution in [0.15, 0.2) is 12.4 Å². The Bertz CT molecular complexity index is 351. The second-order valence-corrected chi connectivity index (χ2v) is 2.54. The summed E-state index contributed by atoms with van der Waals surface area (Å²) in [5.41, 5.74) is 5.52. The molecular weight excluding hydrogens is 208 g/mol. The molecule has 0 atom stereocenters. The lowest BCUT2D eigenvalue weighted by Gasteiger charge is -2.00. The van der Waals surface area contributed by atoms with Crippen LogP contribution in [0, 0.1) is 5.41 Å². The maximum absolute atomic E-state index is 10.7. The number of nitrogens with two attached hydrogens (primary N) is 1. The third-order valence-corrected chi connectivity index (χ3v) is 1.47. The van der Waals surface area contributed by atoms with E-state index in [2.05, 4.69) is 14.7 Å². The monoisotopic (exact) mass is 214 g/mol. The lowest BCUT2D eigenvalue weighted by atomic mass is 10.3. The van der Waals surface area contributed by atoms with Crippen LogP contribution in [0.5, 0.6) is 6.01 Å². The number of halogens is 1. The topological polar surface area (TPSA) is 102 Å². The predicted octanol–water partition coefficient (Wildman–Crippen LogP) is -0.0951. The number of rotatable bonds is 3. The first kappa shape index (κ1) is 10.4. The number of carbonyl (C=O) groups is 1. The highest BCUT2D eigenvalue weighted by atomic mass is 35.5. The summed E-state index contributed by atoms with van der Waals surface area (Å²) in [5.74, 6) is -1.06. The van der Waals surface area contributed by atoms with Gasteiger partial charge in [-0.15, -0.1) is 11.6 Å². The highest BCUT2D eigenvalue weighted by Crippen LogP contribution is 2.02. The largest absolute Gasteiger partial charge is 0.390 e. The maximum Gasteiger partial charge on any atom is 0.328 e. The van der Waals surface area contributed by atoms with Gasteiger partial charge in [0.25, 0.3) is 0 Å². The van der Waals surface area contributed by atoms with Crippen molar-refractivity contribution in [3.05, 3.63) is 18.0 Å². The summed E-state index contributed by atoms with van der Waals surface area (Å²) in [6.07, 6.45) is 2.57. The number of ether oxygens (including phenoxy) is 1. The van der Waals surface area contributed by atoms with E-state index in [1.54, 1.807) is 0 Å². The van der Waals surface area contributed by atoms with Gasteiger partial charge in [-0.25, -0.2) is 9.97 Å². The second-order valence-electron chi connectivity index (χ2n) is 2.28. The summed E-state index contributed by atoms with van der Waals surface area (Å²) in [6.45, 7) is 0. The molecule has 74 valence electrons. The molecule has 1 aromatic rings. The third kappa shape index (κ3) is 2.67. The first-order chi connectivity index (χ1) is 6.63. The number of amidine groups is 1. The summed E-state index contributed by atoms with van der Waals surface area (Å²) in [6, 6.07) is -0.111. The molecule has 0 saturated carbocycles. The van der Waals surface area contributed by atoms with E-state index in [1.807, 2.05) is 0 Å². The molecule has 6 nitrogen and oxygen atoms in total. The molecule has 7 heteroatoms. The SMILES string of the molecule is N=C(N)c1cnc(OC(=O)CCl)nc1. The molecule has 0 spiro atoms. The van der Waals surface area contributed by atoms with Crippen molar-refractivity contribution in [1.82, 2.24) is 9.97 Å². The molecule has 0 bridgehead atoms. The number of carbonyl (C=O) groups excluding carboxylic acids is 1. The molecule has 0 fully saturated rings. The Morgan fingerprint density at radius 3 is 2.57 bits per heavy atom. The van der Waals surface area contributed by atoms with E-state index in [0.29, 0.717) is 5.56 Å². The molecule has 1 heterocycles. The third-order valence-electron chi connectivity index (χ3n) is 1.25. The Labute approximate surface area is 84.6 Å².